The van der Waals surface area contributed by atoms with Crippen LogP contribution in [0.5, 0.6) is 11.8 Å². The van der Waals surface area contributed by atoms with E-state index in [0.717, 1.165) is 48.2 Å². The minimum Gasteiger partial charge on any atom is -0.492 e. The smallest absolute Gasteiger partial charge is 0.434 e. The second-order valence-electron chi connectivity index (χ2n) is 9.20. The van der Waals surface area contributed by atoms with E-state index >= 15 is 0 Å². The Hall–Kier alpha value is -3.98. The SMILES string of the molecule is O=C(On1c(O)ccc1O)N1CCN(Cc2ccc(-c3ccccc3)cc2C(=O)N2CCCC2)CC1. The fourth-order valence-electron chi connectivity index (χ4n) is 4.77. The number of hydrogen-bond donors (Lipinski definition) is 2. The molecule has 9 heteroatoms. The second-order valence-corrected chi connectivity index (χ2v) is 9.20. The van der Waals surface area contributed by atoms with Gasteiger partial charge in [0.25, 0.3) is 5.91 Å². The number of aromatic hydroxyl groups is 2. The normalized spacial score (nSPS) is 16.3. The van der Waals surface area contributed by atoms with Crippen LogP contribution >= 0.6 is 0 Å². The molecule has 5 rings (SSSR count). The van der Waals surface area contributed by atoms with Gasteiger partial charge < -0.3 is 24.9 Å². The number of rotatable bonds is 5. The molecule has 0 bridgehead atoms. The van der Waals surface area contributed by atoms with Crippen molar-refractivity contribution in [3.8, 4) is 22.9 Å². The molecule has 0 unspecified atom stereocenters. The van der Waals surface area contributed by atoms with E-state index < -0.39 is 6.09 Å². The molecule has 2 N–H and O–H groups in total. The highest BCUT2D eigenvalue weighted by Crippen LogP contribution is 2.26. The number of aromatic nitrogens is 1. The highest BCUT2D eigenvalue weighted by Gasteiger charge is 2.27. The Morgan fingerprint density at radius 2 is 1.42 bits per heavy atom. The van der Waals surface area contributed by atoms with E-state index in [2.05, 4.69) is 11.0 Å². The largest absolute Gasteiger partial charge is 0.492 e. The molecular weight excluding hydrogens is 460 g/mol. The summed E-state index contributed by atoms with van der Waals surface area (Å²) in [4.78, 5) is 36.7. The summed E-state index contributed by atoms with van der Waals surface area (Å²) in [6.45, 7) is 4.26. The number of likely N-dealkylation sites (tertiary alicyclic amines) is 1. The zero-order valence-electron chi connectivity index (χ0n) is 20.0. The minimum atomic E-state index is -0.645. The molecule has 9 nitrogen and oxygen atoms in total. The molecule has 0 radical (unpaired) electrons. The average Bonchev–Trinajstić information content (AvgIpc) is 3.56. The van der Waals surface area contributed by atoms with Crippen LogP contribution in [0.15, 0.2) is 60.7 Å². The van der Waals surface area contributed by atoms with Crippen LogP contribution in [0.25, 0.3) is 11.1 Å². The predicted molar refractivity (Wildman–Crippen MR) is 134 cm³/mol. The molecule has 2 aliphatic rings. The summed E-state index contributed by atoms with van der Waals surface area (Å²) in [5, 5.41) is 19.4. The van der Waals surface area contributed by atoms with Crippen molar-refractivity contribution in [1.82, 2.24) is 19.4 Å². The predicted octanol–water partition coefficient (Wildman–Crippen LogP) is 3.17. The Morgan fingerprint density at radius 1 is 0.750 bits per heavy atom. The summed E-state index contributed by atoms with van der Waals surface area (Å²) < 4.78 is 0.694. The lowest BCUT2D eigenvalue weighted by molar-refractivity contribution is 0.0554. The quantitative estimate of drug-likeness (QED) is 0.570. The monoisotopic (exact) mass is 490 g/mol. The number of amides is 2. The van der Waals surface area contributed by atoms with Crippen molar-refractivity contribution in [2.24, 2.45) is 0 Å². The van der Waals surface area contributed by atoms with Crippen molar-refractivity contribution in [1.29, 1.82) is 0 Å². The molecule has 188 valence electrons. The Kier molecular flexibility index (Phi) is 6.81. The molecule has 36 heavy (non-hydrogen) atoms. The Labute approximate surface area is 209 Å². The first-order valence-corrected chi connectivity index (χ1v) is 12.3. The van der Waals surface area contributed by atoms with Gasteiger partial charge in [0.2, 0.25) is 11.8 Å². The molecule has 3 aromatic rings. The molecular formula is C27H30N4O5. The van der Waals surface area contributed by atoms with Crippen LogP contribution in [0.1, 0.15) is 28.8 Å². The van der Waals surface area contributed by atoms with Crippen LogP contribution < -0.4 is 4.84 Å². The lowest BCUT2D eigenvalue weighted by atomic mass is 9.97. The second kappa shape index (κ2) is 10.3. The Bertz CT molecular complexity index is 1210. The highest BCUT2D eigenvalue weighted by atomic mass is 16.7. The molecule has 0 atom stereocenters. The number of carbonyl (C=O) groups excluding carboxylic acids is 2. The van der Waals surface area contributed by atoms with Crippen LogP contribution in [-0.2, 0) is 6.54 Å². The first kappa shape index (κ1) is 23.7. The van der Waals surface area contributed by atoms with Gasteiger partial charge in [-0.25, -0.2) is 4.79 Å². The van der Waals surface area contributed by atoms with Crippen molar-refractivity contribution in [3.05, 3.63) is 71.8 Å². The van der Waals surface area contributed by atoms with E-state index in [0.29, 0.717) is 37.5 Å². The van der Waals surface area contributed by atoms with Crippen LogP contribution in [0.4, 0.5) is 4.79 Å². The Balaban J connectivity index is 1.28. The number of benzene rings is 2. The number of hydrogen-bond acceptors (Lipinski definition) is 6. The van der Waals surface area contributed by atoms with Crippen LogP contribution in [0.3, 0.4) is 0 Å². The topological polar surface area (TPSA) is 98.5 Å². The summed E-state index contributed by atoms with van der Waals surface area (Å²) in [5.74, 6) is -0.629. The fourth-order valence-corrected chi connectivity index (χ4v) is 4.77. The molecule has 2 saturated heterocycles. The van der Waals surface area contributed by atoms with Gasteiger partial charge in [-0.05, 0) is 35.6 Å². The lowest BCUT2D eigenvalue weighted by Gasteiger charge is -2.34. The Morgan fingerprint density at radius 3 is 2.08 bits per heavy atom. The summed E-state index contributed by atoms with van der Waals surface area (Å²) in [6, 6.07) is 18.7. The fraction of sp³-hybridized carbons (Fsp3) is 0.333. The van der Waals surface area contributed by atoms with Crippen molar-refractivity contribution in [2.75, 3.05) is 39.3 Å². The molecule has 0 spiro atoms. The number of carbonyl (C=O) groups is 2. The molecule has 1 aromatic heterocycles. The van der Waals surface area contributed by atoms with E-state index in [1.54, 1.807) is 0 Å². The van der Waals surface area contributed by atoms with E-state index in [1.807, 2.05) is 47.4 Å². The molecule has 2 aromatic carbocycles. The van der Waals surface area contributed by atoms with Gasteiger partial charge in [-0.2, -0.15) is 0 Å². The van der Waals surface area contributed by atoms with Gasteiger partial charge in [0.1, 0.15) is 0 Å². The summed E-state index contributed by atoms with van der Waals surface area (Å²) in [6.07, 6.45) is 1.43. The zero-order chi connectivity index (χ0) is 25.1. The van der Waals surface area contributed by atoms with Gasteiger partial charge in [-0.15, -0.1) is 4.73 Å². The van der Waals surface area contributed by atoms with Crippen molar-refractivity contribution >= 4 is 12.0 Å². The first-order chi connectivity index (χ1) is 17.5. The van der Waals surface area contributed by atoms with Crippen molar-refractivity contribution < 1.29 is 24.6 Å². The van der Waals surface area contributed by atoms with Gasteiger partial charge in [-0.1, -0.05) is 42.5 Å². The van der Waals surface area contributed by atoms with Gasteiger partial charge >= 0.3 is 6.09 Å². The van der Waals surface area contributed by atoms with Crippen molar-refractivity contribution in [2.45, 2.75) is 19.4 Å². The van der Waals surface area contributed by atoms with E-state index in [4.69, 9.17) is 4.84 Å². The zero-order valence-corrected chi connectivity index (χ0v) is 20.0. The van der Waals surface area contributed by atoms with Crippen LogP contribution in [0.2, 0.25) is 0 Å². The van der Waals surface area contributed by atoms with E-state index in [1.165, 1.54) is 17.0 Å². The van der Waals surface area contributed by atoms with E-state index in [9.17, 15) is 19.8 Å². The summed E-state index contributed by atoms with van der Waals surface area (Å²) in [5.41, 5.74) is 3.81. The maximum absolute atomic E-state index is 13.4. The summed E-state index contributed by atoms with van der Waals surface area (Å²) >= 11 is 0. The molecule has 2 amide bonds. The maximum atomic E-state index is 13.4. The highest BCUT2D eigenvalue weighted by molar-refractivity contribution is 5.97. The van der Waals surface area contributed by atoms with Gasteiger partial charge in [0.05, 0.1) is 0 Å². The maximum Gasteiger partial charge on any atom is 0.434 e. The summed E-state index contributed by atoms with van der Waals surface area (Å²) in [7, 11) is 0. The van der Waals surface area contributed by atoms with Gasteiger partial charge in [0.15, 0.2) is 0 Å². The third-order valence-electron chi connectivity index (χ3n) is 6.83. The standard InChI is InChI=1S/C27H30N4O5/c32-24-10-11-25(33)31(24)36-27(35)30-16-14-28(15-17-30)19-22-9-8-21(20-6-2-1-3-7-20)18-23(22)26(34)29-12-4-5-13-29/h1-3,6-11,18,32-33H,4-5,12-17,19H2. The number of piperazine rings is 1. The molecule has 0 saturated carbocycles. The third-order valence-corrected chi connectivity index (χ3v) is 6.83. The first-order valence-electron chi connectivity index (χ1n) is 12.3. The molecule has 3 heterocycles. The average molecular weight is 491 g/mol. The van der Waals surface area contributed by atoms with E-state index in [-0.39, 0.29) is 17.7 Å². The lowest BCUT2D eigenvalue weighted by Crippen LogP contribution is -2.50. The molecule has 2 aliphatic heterocycles. The van der Waals surface area contributed by atoms with Crippen LogP contribution in [0, 0.1) is 0 Å². The number of nitrogens with zero attached hydrogens (tertiary/aromatic N) is 4. The molecule has 0 aliphatic carbocycles. The van der Waals surface area contributed by atoms with Gasteiger partial charge in [0, 0.05) is 63.5 Å². The van der Waals surface area contributed by atoms with Crippen LogP contribution in [-0.4, -0.2) is 80.9 Å². The van der Waals surface area contributed by atoms with Crippen molar-refractivity contribution in [3.63, 3.8) is 0 Å². The third kappa shape index (κ3) is 5.01. The molecule has 2 fully saturated rings. The van der Waals surface area contributed by atoms with Gasteiger partial charge in [-0.3, -0.25) is 9.69 Å². The minimum absolute atomic E-state index is 0.0776.